The Bertz CT molecular complexity index is 999. The van der Waals surface area contributed by atoms with E-state index >= 15 is 0 Å². The third kappa shape index (κ3) is 2.74. The quantitative estimate of drug-likeness (QED) is 0.794. The van der Waals surface area contributed by atoms with Crippen molar-refractivity contribution in [3.8, 4) is 0 Å². The maximum Gasteiger partial charge on any atom is 0.231 e. The Balaban J connectivity index is 1.43. The monoisotopic (exact) mass is 331 g/mol. The summed E-state index contributed by atoms with van der Waals surface area (Å²) in [6, 6.07) is 16.3. The summed E-state index contributed by atoms with van der Waals surface area (Å²) in [4.78, 5) is 17.1. The van der Waals surface area contributed by atoms with Gasteiger partial charge >= 0.3 is 0 Å². The normalized spacial score (nSPS) is 16.4. The number of nitrogens with zero attached hydrogens (tertiary/aromatic N) is 2. The number of amides is 1. The number of aryl methyl sites for hydroxylation is 2. The molecule has 1 N–H and O–H groups in total. The van der Waals surface area contributed by atoms with E-state index in [2.05, 4.69) is 39.1 Å². The van der Waals surface area contributed by atoms with Crippen LogP contribution in [-0.2, 0) is 18.4 Å². The number of hydrogen-bond donors (Lipinski definition) is 1. The van der Waals surface area contributed by atoms with Gasteiger partial charge in [0.2, 0.25) is 5.91 Å². The van der Waals surface area contributed by atoms with Crippen molar-refractivity contribution in [1.82, 2.24) is 14.9 Å². The molecule has 1 atom stereocenters. The summed E-state index contributed by atoms with van der Waals surface area (Å²) in [5, 5.41) is 3.06. The van der Waals surface area contributed by atoms with Crippen molar-refractivity contribution in [3.05, 3.63) is 71.1 Å². The molecule has 1 heterocycles. The number of carbonyl (C=O) groups is 1. The third-order valence-corrected chi connectivity index (χ3v) is 5.05. The predicted octanol–water partition coefficient (Wildman–Crippen LogP) is 3.60. The van der Waals surface area contributed by atoms with Crippen LogP contribution < -0.4 is 5.32 Å². The molecule has 1 unspecified atom stereocenters. The number of carbonyl (C=O) groups excluding carboxylic acids is 1. The molecule has 1 aliphatic carbocycles. The zero-order chi connectivity index (χ0) is 17.6. The molecule has 3 aromatic rings. The fourth-order valence-electron chi connectivity index (χ4n) is 3.44. The first kappa shape index (κ1) is 15.6. The summed E-state index contributed by atoms with van der Waals surface area (Å²) < 4.78 is 2.07. The largest absolute Gasteiger partial charge is 0.351 e. The minimum absolute atomic E-state index is 0.0775. The van der Waals surface area contributed by atoms with Crippen LogP contribution in [0.3, 0.4) is 0 Å². The van der Waals surface area contributed by atoms with E-state index in [1.807, 2.05) is 45.2 Å². The molecule has 0 bridgehead atoms. The lowest BCUT2D eigenvalue weighted by molar-refractivity contribution is -0.121. The second-order valence-electron chi connectivity index (χ2n) is 6.65. The van der Waals surface area contributed by atoms with Gasteiger partial charge < -0.3 is 9.88 Å². The molecule has 0 spiro atoms. The van der Waals surface area contributed by atoms with E-state index in [9.17, 15) is 4.79 Å². The van der Waals surface area contributed by atoms with Gasteiger partial charge in [-0.1, -0.05) is 42.0 Å². The van der Waals surface area contributed by atoms with E-state index in [4.69, 9.17) is 0 Å². The fraction of sp³-hybridized carbons (Fsp3) is 0.238. The molecular formula is C21H21N3O. The van der Waals surface area contributed by atoms with E-state index in [0.29, 0.717) is 6.54 Å². The van der Waals surface area contributed by atoms with Gasteiger partial charge in [0.05, 0.1) is 17.0 Å². The highest BCUT2D eigenvalue weighted by atomic mass is 16.2. The van der Waals surface area contributed by atoms with Crippen LogP contribution in [0.5, 0.6) is 0 Å². The van der Waals surface area contributed by atoms with Crippen molar-refractivity contribution in [2.45, 2.75) is 20.4 Å². The van der Waals surface area contributed by atoms with Crippen LogP contribution in [-0.4, -0.2) is 15.5 Å². The highest BCUT2D eigenvalue weighted by molar-refractivity contribution is 6.05. The maximum atomic E-state index is 12.5. The Morgan fingerprint density at radius 1 is 1.16 bits per heavy atom. The number of rotatable bonds is 4. The van der Waals surface area contributed by atoms with Gasteiger partial charge in [0, 0.05) is 13.6 Å². The van der Waals surface area contributed by atoms with Crippen LogP contribution in [0.4, 0.5) is 0 Å². The summed E-state index contributed by atoms with van der Waals surface area (Å²) in [6.45, 7) is 4.56. The van der Waals surface area contributed by atoms with Gasteiger partial charge in [-0.15, -0.1) is 0 Å². The van der Waals surface area contributed by atoms with E-state index in [-0.39, 0.29) is 11.8 Å². The molecule has 126 valence electrons. The van der Waals surface area contributed by atoms with E-state index < -0.39 is 0 Å². The molecule has 0 saturated heterocycles. The van der Waals surface area contributed by atoms with Gasteiger partial charge in [0.25, 0.3) is 0 Å². The lowest BCUT2D eigenvalue weighted by Gasteiger charge is -2.06. The van der Waals surface area contributed by atoms with Crippen LogP contribution in [0, 0.1) is 12.8 Å². The Morgan fingerprint density at radius 3 is 2.68 bits per heavy atom. The predicted molar refractivity (Wildman–Crippen MR) is 99.8 cm³/mol. The van der Waals surface area contributed by atoms with Gasteiger partial charge in [-0.05, 0) is 42.7 Å². The molecule has 4 heteroatoms. The molecule has 4 rings (SSSR count). The van der Waals surface area contributed by atoms with Crippen molar-refractivity contribution in [1.29, 1.82) is 0 Å². The van der Waals surface area contributed by atoms with Crippen LogP contribution in [0.25, 0.3) is 16.6 Å². The summed E-state index contributed by atoms with van der Waals surface area (Å²) in [7, 11) is 2.01. The lowest BCUT2D eigenvalue weighted by atomic mass is 10.1. The second kappa shape index (κ2) is 5.88. The van der Waals surface area contributed by atoms with Crippen molar-refractivity contribution in [3.63, 3.8) is 0 Å². The molecule has 0 aliphatic heterocycles. The van der Waals surface area contributed by atoms with Crippen LogP contribution in [0.15, 0.2) is 54.1 Å². The highest BCUT2D eigenvalue weighted by Crippen LogP contribution is 2.46. The summed E-state index contributed by atoms with van der Waals surface area (Å²) >= 11 is 0. The van der Waals surface area contributed by atoms with Gasteiger partial charge in [-0.3, -0.25) is 4.79 Å². The van der Waals surface area contributed by atoms with E-state index in [0.717, 1.165) is 33.6 Å². The zero-order valence-corrected chi connectivity index (χ0v) is 14.7. The van der Waals surface area contributed by atoms with Crippen molar-refractivity contribution < 1.29 is 4.79 Å². The molecule has 0 radical (unpaired) electrons. The van der Waals surface area contributed by atoms with E-state index in [1.54, 1.807) is 0 Å². The van der Waals surface area contributed by atoms with Crippen LogP contribution in [0.2, 0.25) is 0 Å². The number of fused-ring (bicyclic) bond motifs is 1. The van der Waals surface area contributed by atoms with Gasteiger partial charge in [-0.2, -0.15) is 0 Å². The minimum atomic E-state index is -0.0803. The first-order valence-electron chi connectivity index (χ1n) is 8.52. The van der Waals surface area contributed by atoms with Crippen LogP contribution in [0.1, 0.15) is 23.9 Å². The SMILES string of the molecule is CC1=C(c2ccccc2)C1C(=O)NCc1ccc2c(c1)nc(C)n2C. The molecule has 1 amide bonds. The summed E-state index contributed by atoms with van der Waals surface area (Å²) in [5.74, 6) is 0.985. The molecule has 4 nitrogen and oxygen atoms in total. The first-order valence-corrected chi connectivity index (χ1v) is 8.52. The second-order valence-corrected chi connectivity index (χ2v) is 6.65. The Hall–Kier alpha value is -2.88. The third-order valence-electron chi connectivity index (χ3n) is 5.05. The molecule has 0 fully saturated rings. The maximum absolute atomic E-state index is 12.5. The van der Waals surface area contributed by atoms with Gasteiger partial charge in [-0.25, -0.2) is 4.98 Å². The highest BCUT2D eigenvalue weighted by Gasteiger charge is 2.39. The Morgan fingerprint density at radius 2 is 1.92 bits per heavy atom. The van der Waals surface area contributed by atoms with Crippen molar-refractivity contribution >= 4 is 22.5 Å². The molecule has 1 aromatic heterocycles. The lowest BCUT2D eigenvalue weighted by Crippen LogP contribution is -2.25. The van der Waals surface area contributed by atoms with Crippen molar-refractivity contribution in [2.75, 3.05) is 0 Å². The first-order chi connectivity index (χ1) is 12.1. The average molecular weight is 331 g/mol. The number of hydrogen-bond acceptors (Lipinski definition) is 2. The molecule has 0 saturated carbocycles. The number of benzene rings is 2. The number of imidazole rings is 1. The smallest absolute Gasteiger partial charge is 0.231 e. The molecular weight excluding hydrogens is 310 g/mol. The summed E-state index contributed by atoms with van der Waals surface area (Å²) in [5.41, 5.74) is 6.62. The Labute approximate surface area is 147 Å². The average Bonchev–Trinajstić information content (AvgIpc) is 3.22. The molecule has 2 aromatic carbocycles. The number of nitrogens with one attached hydrogen (secondary N) is 1. The zero-order valence-electron chi connectivity index (χ0n) is 14.7. The van der Waals surface area contributed by atoms with Crippen LogP contribution >= 0.6 is 0 Å². The minimum Gasteiger partial charge on any atom is -0.351 e. The standard InChI is InChI=1S/C21H21N3O/c1-13-19(16-7-5-4-6-8-16)20(13)21(25)22-12-15-9-10-18-17(11-15)23-14(2)24(18)3/h4-11,20H,12H2,1-3H3,(H,22,25). The Kier molecular flexibility index (Phi) is 3.68. The molecule has 1 aliphatic rings. The van der Waals surface area contributed by atoms with Gasteiger partial charge in [0.15, 0.2) is 0 Å². The van der Waals surface area contributed by atoms with Gasteiger partial charge in [0.1, 0.15) is 5.82 Å². The van der Waals surface area contributed by atoms with E-state index in [1.165, 1.54) is 5.57 Å². The number of aromatic nitrogens is 2. The van der Waals surface area contributed by atoms with Crippen molar-refractivity contribution in [2.24, 2.45) is 13.0 Å². The summed E-state index contributed by atoms with van der Waals surface area (Å²) in [6.07, 6.45) is 0. The fourth-order valence-corrected chi connectivity index (χ4v) is 3.44. The topological polar surface area (TPSA) is 46.9 Å². The molecule has 25 heavy (non-hydrogen) atoms.